The van der Waals surface area contributed by atoms with Gasteiger partial charge in [0.25, 0.3) is 0 Å². The summed E-state index contributed by atoms with van der Waals surface area (Å²) >= 11 is 0. The molecule has 2 aromatic carbocycles. The van der Waals surface area contributed by atoms with Crippen molar-refractivity contribution >= 4 is 34.3 Å². The van der Waals surface area contributed by atoms with Gasteiger partial charge in [0.2, 0.25) is 5.95 Å². The quantitative estimate of drug-likeness (QED) is 0.552. The Bertz CT molecular complexity index is 916. The molecule has 1 heterocycles. The number of halogens is 1. The largest absolute Gasteiger partial charge is 0.326 e. The van der Waals surface area contributed by atoms with Crippen molar-refractivity contribution in [2.75, 3.05) is 16.1 Å². The first-order valence-corrected chi connectivity index (χ1v) is 7.08. The summed E-state index contributed by atoms with van der Waals surface area (Å²) in [5.41, 5.74) is 2.20. The van der Waals surface area contributed by atoms with E-state index in [4.69, 9.17) is 5.21 Å². The van der Waals surface area contributed by atoms with E-state index >= 15 is 0 Å². The molecule has 24 heavy (non-hydrogen) atoms. The van der Waals surface area contributed by atoms with E-state index in [9.17, 15) is 9.18 Å². The molecule has 0 saturated heterocycles. The first-order chi connectivity index (χ1) is 11.6. The second-order valence-electron chi connectivity index (χ2n) is 5.05. The smallest absolute Gasteiger partial charge is 0.308 e. The molecule has 1 aromatic heterocycles. The van der Waals surface area contributed by atoms with Gasteiger partial charge in [0.1, 0.15) is 0 Å². The standard InChI is InChI=1S/C16H14FN5O2/c1-9-13(17)14(22-24)20-15(18-9)21-16(23)19-12-7-6-10-4-2-3-5-11(10)8-12/h2-8,24H,1H3,(H3,18,19,20,21,22,23). The van der Waals surface area contributed by atoms with Crippen LogP contribution in [0.2, 0.25) is 0 Å². The van der Waals surface area contributed by atoms with Gasteiger partial charge in [-0.1, -0.05) is 30.3 Å². The molecule has 8 heteroatoms. The zero-order valence-corrected chi connectivity index (χ0v) is 12.7. The molecule has 0 radical (unpaired) electrons. The van der Waals surface area contributed by atoms with Gasteiger partial charge in [-0.05, 0) is 29.8 Å². The highest BCUT2D eigenvalue weighted by molar-refractivity contribution is 6.00. The van der Waals surface area contributed by atoms with E-state index in [1.807, 2.05) is 36.4 Å². The lowest BCUT2D eigenvalue weighted by Crippen LogP contribution is -2.21. The number of rotatable bonds is 3. The van der Waals surface area contributed by atoms with Gasteiger partial charge in [-0.3, -0.25) is 10.5 Å². The summed E-state index contributed by atoms with van der Waals surface area (Å²) in [6.07, 6.45) is 0. The summed E-state index contributed by atoms with van der Waals surface area (Å²) in [6.45, 7) is 1.39. The van der Waals surface area contributed by atoms with Crippen LogP contribution in [-0.2, 0) is 0 Å². The fraction of sp³-hybridized carbons (Fsp3) is 0.0625. The summed E-state index contributed by atoms with van der Waals surface area (Å²) in [5, 5.41) is 15.9. The van der Waals surface area contributed by atoms with Gasteiger partial charge in [0.05, 0.1) is 5.69 Å². The monoisotopic (exact) mass is 327 g/mol. The molecule has 4 N–H and O–H groups in total. The molecule has 3 rings (SSSR count). The third-order valence-electron chi connectivity index (χ3n) is 3.36. The van der Waals surface area contributed by atoms with Crippen LogP contribution in [0.4, 0.5) is 26.6 Å². The predicted octanol–water partition coefficient (Wildman–Crippen LogP) is 3.52. The third kappa shape index (κ3) is 3.23. The van der Waals surface area contributed by atoms with E-state index in [1.54, 1.807) is 11.5 Å². The lowest BCUT2D eigenvalue weighted by Gasteiger charge is -2.09. The molecular weight excluding hydrogens is 313 g/mol. The average Bonchev–Trinajstić information content (AvgIpc) is 2.57. The molecule has 0 aliphatic heterocycles. The highest BCUT2D eigenvalue weighted by Gasteiger charge is 2.13. The number of urea groups is 1. The maximum atomic E-state index is 13.5. The summed E-state index contributed by atoms with van der Waals surface area (Å²) < 4.78 is 13.5. The van der Waals surface area contributed by atoms with Crippen LogP contribution in [0.5, 0.6) is 0 Å². The van der Waals surface area contributed by atoms with Gasteiger partial charge in [-0.2, -0.15) is 4.98 Å². The molecule has 0 saturated carbocycles. The van der Waals surface area contributed by atoms with Crippen molar-refractivity contribution in [1.29, 1.82) is 0 Å². The molecule has 0 aliphatic carbocycles. The Hall–Kier alpha value is -3.26. The summed E-state index contributed by atoms with van der Waals surface area (Å²) in [5.74, 6) is -1.34. The summed E-state index contributed by atoms with van der Waals surface area (Å²) in [7, 11) is 0. The van der Waals surface area contributed by atoms with Crippen LogP contribution in [0.3, 0.4) is 0 Å². The van der Waals surface area contributed by atoms with Crippen molar-refractivity contribution in [3.05, 3.63) is 54.0 Å². The summed E-state index contributed by atoms with van der Waals surface area (Å²) in [6, 6.07) is 12.6. The van der Waals surface area contributed by atoms with Gasteiger partial charge < -0.3 is 5.32 Å². The van der Waals surface area contributed by atoms with Crippen LogP contribution < -0.4 is 16.1 Å². The van der Waals surface area contributed by atoms with E-state index in [0.29, 0.717) is 5.69 Å². The minimum Gasteiger partial charge on any atom is -0.308 e. The van der Waals surface area contributed by atoms with Crippen LogP contribution in [-0.4, -0.2) is 21.2 Å². The Labute approximate surface area is 136 Å². The fourth-order valence-corrected chi connectivity index (χ4v) is 2.22. The van der Waals surface area contributed by atoms with Gasteiger partial charge >= 0.3 is 6.03 Å². The number of anilines is 3. The van der Waals surface area contributed by atoms with Crippen LogP contribution in [0.1, 0.15) is 5.69 Å². The molecule has 0 aliphatic rings. The van der Waals surface area contributed by atoms with Crippen LogP contribution in [0.25, 0.3) is 10.8 Å². The second-order valence-corrected chi connectivity index (χ2v) is 5.05. The van der Waals surface area contributed by atoms with E-state index < -0.39 is 17.7 Å². The van der Waals surface area contributed by atoms with Crippen LogP contribution in [0, 0.1) is 12.7 Å². The number of hydrogen-bond acceptors (Lipinski definition) is 5. The number of nitrogens with one attached hydrogen (secondary N) is 3. The van der Waals surface area contributed by atoms with Gasteiger partial charge in [0.15, 0.2) is 11.6 Å². The number of amides is 2. The SMILES string of the molecule is Cc1nc(NC(=O)Nc2ccc3ccccc3c2)nc(NO)c1F. The number of carbonyl (C=O) groups is 1. The normalized spacial score (nSPS) is 10.5. The van der Waals surface area contributed by atoms with Crippen molar-refractivity contribution in [3.8, 4) is 0 Å². The maximum absolute atomic E-state index is 13.5. The van der Waals surface area contributed by atoms with E-state index in [0.717, 1.165) is 10.8 Å². The number of aryl methyl sites for hydroxylation is 1. The Kier molecular flexibility index (Phi) is 4.21. The maximum Gasteiger partial charge on any atom is 0.326 e. The molecule has 0 unspecified atom stereocenters. The minimum atomic E-state index is -0.794. The third-order valence-corrected chi connectivity index (χ3v) is 3.36. The van der Waals surface area contributed by atoms with Crippen LogP contribution in [0.15, 0.2) is 42.5 Å². The van der Waals surface area contributed by atoms with Crippen molar-refractivity contribution < 1.29 is 14.4 Å². The predicted molar refractivity (Wildman–Crippen MR) is 88.7 cm³/mol. The zero-order chi connectivity index (χ0) is 17.1. The fourth-order valence-electron chi connectivity index (χ4n) is 2.22. The number of fused-ring (bicyclic) bond motifs is 1. The molecule has 2 amide bonds. The van der Waals surface area contributed by atoms with E-state index in [2.05, 4.69) is 20.6 Å². The van der Waals surface area contributed by atoms with Crippen LogP contribution >= 0.6 is 0 Å². The lowest BCUT2D eigenvalue weighted by molar-refractivity contribution is 0.262. The van der Waals surface area contributed by atoms with Crippen molar-refractivity contribution in [2.24, 2.45) is 0 Å². The van der Waals surface area contributed by atoms with Crippen molar-refractivity contribution in [2.45, 2.75) is 6.92 Å². The molecule has 3 aromatic rings. The lowest BCUT2D eigenvalue weighted by atomic mass is 10.1. The molecule has 0 bridgehead atoms. The highest BCUT2D eigenvalue weighted by Crippen LogP contribution is 2.19. The van der Waals surface area contributed by atoms with Gasteiger partial charge in [0, 0.05) is 5.69 Å². The van der Waals surface area contributed by atoms with Crippen molar-refractivity contribution in [3.63, 3.8) is 0 Å². The highest BCUT2D eigenvalue weighted by atomic mass is 19.1. The molecule has 122 valence electrons. The first kappa shape index (κ1) is 15.6. The topological polar surface area (TPSA) is 99.2 Å². The Morgan fingerprint density at radius 1 is 1.08 bits per heavy atom. The van der Waals surface area contributed by atoms with Crippen molar-refractivity contribution in [1.82, 2.24) is 9.97 Å². The van der Waals surface area contributed by atoms with E-state index in [-0.39, 0.29) is 11.6 Å². The Morgan fingerprint density at radius 2 is 1.83 bits per heavy atom. The number of carbonyl (C=O) groups excluding carboxylic acids is 1. The number of aromatic nitrogens is 2. The zero-order valence-electron chi connectivity index (χ0n) is 12.7. The Balaban J connectivity index is 1.76. The number of nitrogens with zero attached hydrogens (tertiary/aromatic N) is 2. The number of hydrogen-bond donors (Lipinski definition) is 4. The molecular formula is C16H14FN5O2. The molecule has 0 spiro atoms. The minimum absolute atomic E-state index is 0.0115. The molecule has 0 fully saturated rings. The van der Waals surface area contributed by atoms with Gasteiger partial charge in [-0.15, -0.1) is 0 Å². The average molecular weight is 327 g/mol. The first-order valence-electron chi connectivity index (χ1n) is 7.08. The molecule has 7 nitrogen and oxygen atoms in total. The Morgan fingerprint density at radius 3 is 2.58 bits per heavy atom. The molecule has 0 atom stereocenters. The summed E-state index contributed by atoms with van der Waals surface area (Å²) in [4.78, 5) is 19.5. The second kappa shape index (κ2) is 6.47. The van der Waals surface area contributed by atoms with E-state index in [1.165, 1.54) is 6.92 Å². The van der Waals surface area contributed by atoms with Gasteiger partial charge in [-0.25, -0.2) is 19.6 Å². The number of benzene rings is 2.